The van der Waals surface area contributed by atoms with Crippen LogP contribution >= 0.6 is 0 Å². The van der Waals surface area contributed by atoms with Gasteiger partial charge in [0.2, 0.25) is 0 Å². The van der Waals surface area contributed by atoms with E-state index in [0.717, 1.165) is 23.3 Å². The third kappa shape index (κ3) is 1.26. The lowest BCUT2D eigenvalue weighted by molar-refractivity contribution is 0.254. The van der Waals surface area contributed by atoms with Crippen molar-refractivity contribution in [3.8, 4) is 16.9 Å². The molecule has 82 valence electrons. The second-order valence-electron chi connectivity index (χ2n) is 4.11. The highest BCUT2D eigenvalue weighted by Crippen LogP contribution is 2.37. The Balaban J connectivity index is 2.17. The SMILES string of the molecule is CC1Cc2c(cccc2-c2cn[nH]c2N)O1. The number of rotatable bonds is 1. The van der Waals surface area contributed by atoms with Crippen molar-refractivity contribution in [3.63, 3.8) is 0 Å². The van der Waals surface area contributed by atoms with Crippen LogP contribution in [0.25, 0.3) is 11.1 Å². The maximum absolute atomic E-state index is 5.84. The molecule has 2 aromatic rings. The predicted molar refractivity (Wildman–Crippen MR) is 62.2 cm³/mol. The van der Waals surface area contributed by atoms with E-state index in [1.807, 2.05) is 12.1 Å². The van der Waals surface area contributed by atoms with Gasteiger partial charge in [0, 0.05) is 17.5 Å². The summed E-state index contributed by atoms with van der Waals surface area (Å²) in [5.41, 5.74) is 9.14. The number of aromatic nitrogens is 2. The van der Waals surface area contributed by atoms with Gasteiger partial charge in [0.15, 0.2) is 0 Å². The molecule has 1 unspecified atom stereocenters. The number of hydrogen-bond acceptors (Lipinski definition) is 3. The quantitative estimate of drug-likeness (QED) is 0.764. The minimum Gasteiger partial charge on any atom is -0.490 e. The van der Waals surface area contributed by atoms with Crippen LogP contribution in [-0.2, 0) is 6.42 Å². The molecule has 0 spiro atoms. The molecule has 1 aliphatic rings. The second kappa shape index (κ2) is 3.27. The third-order valence-corrected chi connectivity index (χ3v) is 2.91. The summed E-state index contributed by atoms with van der Waals surface area (Å²) in [6, 6.07) is 6.04. The van der Waals surface area contributed by atoms with Gasteiger partial charge in [-0.3, -0.25) is 5.10 Å². The lowest BCUT2D eigenvalue weighted by Gasteiger charge is -2.05. The van der Waals surface area contributed by atoms with Gasteiger partial charge in [-0.15, -0.1) is 0 Å². The van der Waals surface area contributed by atoms with E-state index >= 15 is 0 Å². The second-order valence-corrected chi connectivity index (χ2v) is 4.11. The minimum atomic E-state index is 0.240. The largest absolute Gasteiger partial charge is 0.490 e. The number of aromatic amines is 1. The highest BCUT2D eigenvalue weighted by Gasteiger charge is 2.23. The highest BCUT2D eigenvalue weighted by molar-refractivity contribution is 5.77. The normalized spacial score (nSPS) is 18.2. The molecule has 4 heteroatoms. The molecule has 0 saturated heterocycles. The molecule has 16 heavy (non-hydrogen) atoms. The number of nitrogens with one attached hydrogen (secondary N) is 1. The molecule has 0 radical (unpaired) electrons. The minimum absolute atomic E-state index is 0.240. The molecule has 0 saturated carbocycles. The van der Waals surface area contributed by atoms with E-state index in [4.69, 9.17) is 10.5 Å². The van der Waals surface area contributed by atoms with Crippen LogP contribution < -0.4 is 10.5 Å². The van der Waals surface area contributed by atoms with Gasteiger partial charge in [0.05, 0.1) is 6.20 Å². The Bertz CT molecular complexity index is 533. The maximum atomic E-state index is 5.84. The Morgan fingerprint density at radius 1 is 1.44 bits per heavy atom. The van der Waals surface area contributed by atoms with Crippen molar-refractivity contribution in [3.05, 3.63) is 30.0 Å². The number of nitrogens with two attached hydrogens (primary N) is 1. The zero-order chi connectivity index (χ0) is 11.1. The molecule has 3 rings (SSSR count). The van der Waals surface area contributed by atoms with E-state index in [1.54, 1.807) is 6.20 Å². The van der Waals surface area contributed by atoms with Gasteiger partial charge >= 0.3 is 0 Å². The molecule has 1 aromatic heterocycles. The average molecular weight is 215 g/mol. The first kappa shape index (κ1) is 9.27. The fourth-order valence-electron chi connectivity index (χ4n) is 2.20. The van der Waals surface area contributed by atoms with Crippen molar-refractivity contribution in [1.82, 2.24) is 10.2 Å². The number of H-pyrrole nitrogens is 1. The third-order valence-electron chi connectivity index (χ3n) is 2.91. The first-order valence-corrected chi connectivity index (χ1v) is 5.33. The average Bonchev–Trinajstić information content (AvgIpc) is 2.82. The Hall–Kier alpha value is -1.97. The van der Waals surface area contributed by atoms with Crippen molar-refractivity contribution < 1.29 is 4.74 Å². The van der Waals surface area contributed by atoms with E-state index in [2.05, 4.69) is 23.2 Å². The molecule has 1 aromatic carbocycles. The van der Waals surface area contributed by atoms with Crippen LogP contribution in [0.4, 0.5) is 5.82 Å². The standard InChI is InChI=1S/C12H13N3O/c1-7-5-9-8(3-2-4-11(9)16-7)10-6-14-15-12(10)13/h2-4,6-7H,5H2,1H3,(H3,13,14,15). The van der Waals surface area contributed by atoms with Gasteiger partial charge in [0.1, 0.15) is 17.7 Å². The summed E-state index contributed by atoms with van der Waals surface area (Å²) in [5.74, 6) is 1.57. The molecule has 2 heterocycles. The number of anilines is 1. The molecular weight excluding hydrogens is 202 g/mol. The van der Waals surface area contributed by atoms with Crippen LogP contribution in [0.5, 0.6) is 5.75 Å². The summed E-state index contributed by atoms with van der Waals surface area (Å²) in [4.78, 5) is 0. The lowest BCUT2D eigenvalue weighted by atomic mass is 9.99. The topological polar surface area (TPSA) is 63.9 Å². The Morgan fingerprint density at radius 3 is 3.06 bits per heavy atom. The number of nitrogen functional groups attached to an aromatic ring is 1. The molecule has 0 amide bonds. The maximum Gasteiger partial charge on any atom is 0.126 e. The Labute approximate surface area is 93.4 Å². The number of hydrogen-bond donors (Lipinski definition) is 2. The molecule has 4 nitrogen and oxygen atoms in total. The van der Waals surface area contributed by atoms with Gasteiger partial charge < -0.3 is 10.5 Å². The van der Waals surface area contributed by atoms with Gasteiger partial charge in [-0.25, -0.2) is 0 Å². The fraction of sp³-hybridized carbons (Fsp3) is 0.250. The Kier molecular flexibility index (Phi) is 1.89. The van der Waals surface area contributed by atoms with Crippen molar-refractivity contribution in [2.75, 3.05) is 5.73 Å². The first-order chi connectivity index (χ1) is 7.75. The molecule has 0 aliphatic carbocycles. The van der Waals surface area contributed by atoms with Gasteiger partial charge in [-0.1, -0.05) is 12.1 Å². The zero-order valence-corrected chi connectivity index (χ0v) is 9.03. The first-order valence-electron chi connectivity index (χ1n) is 5.33. The number of fused-ring (bicyclic) bond motifs is 1. The van der Waals surface area contributed by atoms with E-state index in [-0.39, 0.29) is 6.10 Å². The van der Waals surface area contributed by atoms with Gasteiger partial charge in [0.25, 0.3) is 0 Å². The van der Waals surface area contributed by atoms with Gasteiger partial charge in [-0.2, -0.15) is 5.10 Å². The molecule has 3 N–H and O–H groups in total. The van der Waals surface area contributed by atoms with Crippen molar-refractivity contribution in [1.29, 1.82) is 0 Å². The summed E-state index contributed by atoms with van der Waals surface area (Å²) in [6.07, 6.45) is 2.92. The van der Waals surface area contributed by atoms with Crippen LogP contribution in [0.1, 0.15) is 12.5 Å². The van der Waals surface area contributed by atoms with E-state index in [1.165, 1.54) is 5.56 Å². The van der Waals surface area contributed by atoms with E-state index in [0.29, 0.717) is 5.82 Å². The van der Waals surface area contributed by atoms with Crippen LogP contribution in [-0.4, -0.2) is 16.3 Å². The van der Waals surface area contributed by atoms with Crippen molar-refractivity contribution in [2.45, 2.75) is 19.4 Å². The van der Waals surface area contributed by atoms with E-state index < -0.39 is 0 Å². The molecule has 1 aliphatic heterocycles. The van der Waals surface area contributed by atoms with E-state index in [9.17, 15) is 0 Å². The van der Waals surface area contributed by atoms with Crippen molar-refractivity contribution >= 4 is 5.82 Å². The monoisotopic (exact) mass is 215 g/mol. The highest BCUT2D eigenvalue weighted by atomic mass is 16.5. The summed E-state index contributed by atoms with van der Waals surface area (Å²) >= 11 is 0. The van der Waals surface area contributed by atoms with Crippen LogP contribution in [0.15, 0.2) is 24.4 Å². The van der Waals surface area contributed by atoms with Crippen LogP contribution in [0, 0.1) is 0 Å². The smallest absolute Gasteiger partial charge is 0.126 e. The van der Waals surface area contributed by atoms with Gasteiger partial charge in [-0.05, 0) is 18.6 Å². The summed E-state index contributed by atoms with van der Waals surface area (Å²) in [6.45, 7) is 2.07. The lowest BCUT2D eigenvalue weighted by Crippen LogP contribution is -2.05. The number of benzene rings is 1. The van der Waals surface area contributed by atoms with Crippen LogP contribution in [0.2, 0.25) is 0 Å². The number of nitrogens with zero attached hydrogens (tertiary/aromatic N) is 1. The zero-order valence-electron chi connectivity index (χ0n) is 9.03. The summed E-state index contributed by atoms with van der Waals surface area (Å²) in [5, 5.41) is 6.71. The summed E-state index contributed by atoms with van der Waals surface area (Å²) < 4.78 is 5.71. The summed E-state index contributed by atoms with van der Waals surface area (Å²) in [7, 11) is 0. The Morgan fingerprint density at radius 2 is 2.31 bits per heavy atom. The fourth-order valence-corrected chi connectivity index (χ4v) is 2.20. The predicted octanol–water partition coefficient (Wildman–Crippen LogP) is 1.98. The molecular formula is C12H13N3O. The van der Waals surface area contributed by atoms with Crippen molar-refractivity contribution in [2.24, 2.45) is 0 Å². The molecule has 0 fully saturated rings. The number of ether oxygens (including phenoxy) is 1. The molecule has 1 atom stereocenters. The molecule has 0 bridgehead atoms. The van der Waals surface area contributed by atoms with Crippen LogP contribution in [0.3, 0.4) is 0 Å².